The fourth-order valence-electron chi connectivity index (χ4n) is 3.57. The number of carbonyl (C=O) groups excluding carboxylic acids is 1. The number of aryl methyl sites for hydroxylation is 2. The zero-order valence-electron chi connectivity index (χ0n) is 17.2. The summed E-state index contributed by atoms with van der Waals surface area (Å²) in [6, 6.07) is 7.38. The van der Waals surface area contributed by atoms with Gasteiger partial charge in [-0.05, 0) is 44.9 Å². The average Bonchev–Trinajstić information content (AvgIpc) is 3.14. The van der Waals surface area contributed by atoms with Crippen molar-refractivity contribution in [1.29, 1.82) is 0 Å². The van der Waals surface area contributed by atoms with Crippen LogP contribution in [0.5, 0.6) is 5.88 Å². The number of hydrogen-bond donors (Lipinski definition) is 1. The maximum atomic E-state index is 12.4. The van der Waals surface area contributed by atoms with E-state index >= 15 is 0 Å². The molecule has 1 saturated carbocycles. The second-order valence-corrected chi connectivity index (χ2v) is 7.61. The van der Waals surface area contributed by atoms with E-state index in [0.717, 1.165) is 42.5 Å². The Balaban J connectivity index is 1.39. The van der Waals surface area contributed by atoms with E-state index in [4.69, 9.17) is 9.26 Å². The lowest BCUT2D eigenvalue weighted by molar-refractivity contribution is 0.0921. The fraction of sp³-hybridized carbons (Fsp3) is 0.409. The number of amides is 1. The summed E-state index contributed by atoms with van der Waals surface area (Å²) in [6.45, 7) is 3.99. The Bertz CT molecular complexity index is 993. The van der Waals surface area contributed by atoms with Gasteiger partial charge < -0.3 is 14.6 Å². The van der Waals surface area contributed by atoms with E-state index in [-0.39, 0.29) is 18.6 Å². The smallest absolute Gasteiger partial charge is 0.272 e. The molecule has 8 nitrogen and oxygen atoms in total. The molecule has 1 N–H and O–H groups in total. The summed E-state index contributed by atoms with van der Waals surface area (Å²) in [7, 11) is 0. The van der Waals surface area contributed by atoms with Gasteiger partial charge >= 0.3 is 0 Å². The Morgan fingerprint density at radius 1 is 1.13 bits per heavy atom. The molecule has 1 aliphatic carbocycles. The number of hydrogen-bond acceptors (Lipinski definition) is 7. The number of aromatic nitrogens is 4. The lowest BCUT2D eigenvalue weighted by atomic mass is 9.95. The Morgan fingerprint density at radius 3 is 2.67 bits per heavy atom. The van der Waals surface area contributed by atoms with Crippen molar-refractivity contribution in [3.63, 3.8) is 0 Å². The topological polar surface area (TPSA) is 103 Å². The molecule has 0 saturated heterocycles. The van der Waals surface area contributed by atoms with Gasteiger partial charge in [0.15, 0.2) is 5.69 Å². The summed E-state index contributed by atoms with van der Waals surface area (Å²) in [6.07, 6.45) is 7.37. The van der Waals surface area contributed by atoms with E-state index in [1.54, 1.807) is 18.3 Å². The molecule has 1 fully saturated rings. The van der Waals surface area contributed by atoms with Crippen molar-refractivity contribution in [2.24, 2.45) is 0 Å². The van der Waals surface area contributed by atoms with Crippen LogP contribution in [0.4, 0.5) is 0 Å². The van der Waals surface area contributed by atoms with Gasteiger partial charge in [-0.1, -0.05) is 24.4 Å². The third-order valence-corrected chi connectivity index (χ3v) is 5.35. The third-order valence-electron chi connectivity index (χ3n) is 5.35. The summed E-state index contributed by atoms with van der Waals surface area (Å²) in [4.78, 5) is 16.7. The van der Waals surface area contributed by atoms with Gasteiger partial charge in [0.1, 0.15) is 18.1 Å². The number of pyridine rings is 1. The van der Waals surface area contributed by atoms with E-state index < -0.39 is 0 Å². The van der Waals surface area contributed by atoms with Crippen LogP contribution in [0.1, 0.15) is 59.6 Å². The highest BCUT2D eigenvalue weighted by Crippen LogP contribution is 2.26. The van der Waals surface area contributed by atoms with Gasteiger partial charge in [-0.3, -0.25) is 9.78 Å². The fourth-order valence-corrected chi connectivity index (χ4v) is 3.57. The largest absolute Gasteiger partial charge is 0.472 e. The first-order chi connectivity index (χ1) is 14.6. The molecular formula is C22H25N5O3. The molecule has 3 aromatic rings. The number of rotatable bonds is 6. The zero-order chi connectivity index (χ0) is 20.9. The highest BCUT2D eigenvalue weighted by Gasteiger charge is 2.19. The molecule has 0 spiro atoms. The van der Waals surface area contributed by atoms with Crippen LogP contribution in [0.15, 0.2) is 35.0 Å². The van der Waals surface area contributed by atoms with Crippen LogP contribution in [-0.2, 0) is 6.61 Å². The molecule has 0 unspecified atom stereocenters. The van der Waals surface area contributed by atoms with Crippen molar-refractivity contribution in [3.05, 3.63) is 53.2 Å². The molecule has 0 radical (unpaired) electrons. The number of carbonyl (C=O) groups is 1. The molecule has 0 atom stereocenters. The van der Waals surface area contributed by atoms with Crippen LogP contribution in [0.25, 0.3) is 11.3 Å². The Labute approximate surface area is 175 Å². The standard InChI is InChI=1S/C22H25N5O3/c1-14-8-9-16(12-23-14)21-18(15(2)30-27-21)13-29-20-11-10-19(25-26-20)22(28)24-17-6-4-3-5-7-17/h8-12,17H,3-7,13H2,1-2H3,(H,24,28). The van der Waals surface area contributed by atoms with E-state index in [9.17, 15) is 4.79 Å². The van der Waals surface area contributed by atoms with Crippen molar-refractivity contribution in [2.75, 3.05) is 0 Å². The first-order valence-corrected chi connectivity index (χ1v) is 10.3. The van der Waals surface area contributed by atoms with E-state index in [1.807, 2.05) is 26.0 Å². The molecule has 3 aromatic heterocycles. The minimum atomic E-state index is -0.190. The molecule has 3 heterocycles. The van der Waals surface area contributed by atoms with Crippen molar-refractivity contribution in [1.82, 2.24) is 25.7 Å². The molecule has 0 aliphatic heterocycles. The van der Waals surface area contributed by atoms with Gasteiger partial charge in [0, 0.05) is 29.6 Å². The predicted octanol–water partition coefficient (Wildman–Crippen LogP) is 3.78. The van der Waals surface area contributed by atoms with Crippen LogP contribution in [0.3, 0.4) is 0 Å². The molecule has 1 amide bonds. The SMILES string of the molecule is Cc1ccc(-c2noc(C)c2COc2ccc(C(=O)NC3CCCCC3)nn2)cn1. The van der Waals surface area contributed by atoms with E-state index in [2.05, 4.69) is 25.7 Å². The highest BCUT2D eigenvalue weighted by atomic mass is 16.5. The zero-order valence-corrected chi connectivity index (χ0v) is 17.2. The molecular weight excluding hydrogens is 382 g/mol. The van der Waals surface area contributed by atoms with Gasteiger partial charge in [-0.25, -0.2) is 0 Å². The van der Waals surface area contributed by atoms with Crippen LogP contribution in [0.2, 0.25) is 0 Å². The summed E-state index contributed by atoms with van der Waals surface area (Å²) < 4.78 is 11.1. The molecule has 30 heavy (non-hydrogen) atoms. The van der Waals surface area contributed by atoms with Gasteiger partial charge in [0.2, 0.25) is 5.88 Å². The van der Waals surface area contributed by atoms with Crippen LogP contribution in [0, 0.1) is 13.8 Å². The van der Waals surface area contributed by atoms with Gasteiger partial charge in [-0.15, -0.1) is 10.2 Å². The van der Waals surface area contributed by atoms with Gasteiger partial charge in [-0.2, -0.15) is 0 Å². The average molecular weight is 407 g/mol. The second-order valence-electron chi connectivity index (χ2n) is 7.61. The Hall–Kier alpha value is -3.29. The third kappa shape index (κ3) is 4.64. The molecule has 1 aliphatic rings. The maximum Gasteiger partial charge on any atom is 0.272 e. The molecule has 4 rings (SSSR count). The lowest BCUT2D eigenvalue weighted by Gasteiger charge is -2.22. The normalized spacial score (nSPS) is 14.5. The van der Waals surface area contributed by atoms with Crippen LogP contribution >= 0.6 is 0 Å². The minimum Gasteiger partial charge on any atom is -0.472 e. The van der Waals surface area contributed by atoms with Crippen LogP contribution in [-0.4, -0.2) is 32.3 Å². The monoisotopic (exact) mass is 407 g/mol. The minimum absolute atomic E-state index is 0.190. The van der Waals surface area contributed by atoms with Crippen molar-refractivity contribution in [3.8, 4) is 17.1 Å². The summed E-state index contributed by atoms with van der Waals surface area (Å²) in [5, 5.41) is 15.2. The number of nitrogens with one attached hydrogen (secondary N) is 1. The van der Waals surface area contributed by atoms with Crippen molar-refractivity contribution in [2.45, 2.75) is 58.6 Å². The molecule has 0 bridgehead atoms. The van der Waals surface area contributed by atoms with E-state index in [0.29, 0.717) is 23.0 Å². The maximum absolute atomic E-state index is 12.4. The predicted molar refractivity (Wildman–Crippen MR) is 110 cm³/mol. The second kappa shape index (κ2) is 9.02. The first-order valence-electron chi connectivity index (χ1n) is 10.3. The number of nitrogens with zero attached hydrogens (tertiary/aromatic N) is 4. The first kappa shape index (κ1) is 20.0. The Morgan fingerprint density at radius 2 is 1.97 bits per heavy atom. The summed E-state index contributed by atoms with van der Waals surface area (Å²) in [5.41, 5.74) is 3.59. The quantitative estimate of drug-likeness (QED) is 0.663. The highest BCUT2D eigenvalue weighted by molar-refractivity contribution is 5.92. The molecule has 8 heteroatoms. The number of ether oxygens (including phenoxy) is 1. The van der Waals surface area contributed by atoms with Crippen molar-refractivity contribution >= 4 is 5.91 Å². The summed E-state index contributed by atoms with van der Waals surface area (Å²) in [5.74, 6) is 0.810. The van der Waals surface area contributed by atoms with E-state index in [1.165, 1.54) is 6.42 Å². The van der Waals surface area contributed by atoms with Gasteiger partial charge in [0.05, 0.1) is 5.56 Å². The summed E-state index contributed by atoms with van der Waals surface area (Å²) >= 11 is 0. The molecule has 0 aromatic carbocycles. The lowest BCUT2D eigenvalue weighted by Crippen LogP contribution is -2.36. The van der Waals surface area contributed by atoms with Crippen LogP contribution < -0.4 is 10.1 Å². The Kier molecular flexibility index (Phi) is 6.02. The van der Waals surface area contributed by atoms with Crippen molar-refractivity contribution < 1.29 is 14.1 Å². The van der Waals surface area contributed by atoms with Gasteiger partial charge in [0.25, 0.3) is 5.91 Å². The molecule has 156 valence electrons.